The van der Waals surface area contributed by atoms with E-state index in [0.717, 1.165) is 5.57 Å². The molecule has 0 aromatic heterocycles. The second kappa shape index (κ2) is 7.78. The van der Waals surface area contributed by atoms with Gasteiger partial charge in [-0.3, -0.25) is 14.4 Å². The summed E-state index contributed by atoms with van der Waals surface area (Å²) in [7, 11) is 0. The van der Waals surface area contributed by atoms with Crippen LogP contribution in [0.4, 0.5) is 0 Å². The van der Waals surface area contributed by atoms with Gasteiger partial charge in [-0.15, -0.1) is 11.6 Å². The highest BCUT2D eigenvalue weighted by Crippen LogP contribution is 2.69. The van der Waals surface area contributed by atoms with E-state index < -0.39 is 40.9 Å². The van der Waals surface area contributed by atoms with Crippen molar-refractivity contribution in [2.24, 2.45) is 34.5 Å². The number of carbonyl (C=O) groups is 3. The average Bonchev–Trinajstić information content (AvgIpc) is 2.95. The van der Waals surface area contributed by atoms with Gasteiger partial charge in [-0.1, -0.05) is 39.3 Å². The summed E-state index contributed by atoms with van der Waals surface area (Å²) in [6, 6.07) is 0. The van der Waals surface area contributed by atoms with Crippen LogP contribution in [-0.4, -0.2) is 51.4 Å². The quantitative estimate of drug-likeness (QED) is 0.490. The summed E-state index contributed by atoms with van der Waals surface area (Å²) in [6.07, 6.45) is 5.80. The van der Waals surface area contributed by atoms with Gasteiger partial charge in [0.15, 0.2) is 11.4 Å². The van der Waals surface area contributed by atoms with Crippen molar-refractivity contribution in [1.29, 1.82) is 0 Å². The smallest absolute Gasteiger partial charge is 0.306 e. The van der Waals surface area contributed by atoms with Gasteiger partial charge in [0.25, 0.3) is 0 Å². The number of hydrogen-bond donors (Lipinski definition) is 2. The molecule has 0 aromatic rings. The zero-order valence-corrected chi connectivity index (χ0v) is 19.9. The first kappa shape index (κ1) is 23.7. The Hall–Kier alpha value is -1.50. The van der Waals surface area contributed by atoms with Gasteiger partial charge in [0.2, 0.25) is 5.78 Å². The van der Waals surface area contributed by atoms with Crippen molar-refractivity contribution in [3.8, 4) is 0 Å². The largest absolute Gasteiger partial charge is 0.450 e. The summed E-state index contributed by atoms with van der Waals surface area (Å²) in [5.74, 6) is -1.84. The molecule has 3 fully saturated rings. The van der Waals surface area contributed by atoms with Crippen LogP contribution >= 0.6 is 11.6 Å². The van der Waals surface area contributed by atoms with Crippen molar-refractivity contribution in [1.82, 2.24) is 0 Å². The van der Waals surface area contributed by atoms with Crippen molar-refractivity contribution in [3.63, 3.8) is 0 Å². The summed E-state index contributed by atoms with van der Waals surface area (Å²) in [6.45, 7) is 6.80. The fourth-order valence-electron chi connectivity index (χ4n) is 7.80. The van der Waals surface area contributed by atoms with Crippen LogP contribution < -0.4 is 0 Å². The monoisotopic (exact) mass is 464 g/mol. The number of rotatable bonds is 4. The number of ketones is 2. The number of aliphatic hydroxyl groups excluding tert-OH is 2. The Balaban J connectivity index is 1.84. The van der Waals surface area contributed by atoms with E-state index in [1.807, 2.05) is 19.9 Å². The third kappa shape index (κ3) is 2.95. The Kier molecular flexibility index (Phi) is 5.75. The van der Waals surface area contributed by atoms with E-state index >= 15 is 0 Å². The molecule has 0 saturated heterocycles. The number of Topliss-reactive ketones (excluding diaryl/α,β-unsaturated/α-hetero) is 1. The maximum absolute atomic E-state index is 13.2. The second-order valence-corrected chi connectivity index (χ2v) is 11.1. The number of fused-ring (bicyclic) bond motifs is 5. The third-order valence-corrected chi connectivity index (χ3v) is 9.59. The normalized spacial score (nSPS) is 47.2. The molecule has 4 aliphatic carbocycles. The molecule has 0 amide bonds. The number of hydrogen-bond acceptors (Lipinski definition) is 6. The van der Waals surface area contributed by atoms with Gasteiger partial charge in [-0.2, -0.15) is 0 Å². The lowest BCUT2D eigenvalue weighted by molar-refractivity contribution is -0.204. The molecular formula is C25H33ClO6. The molecule has 32 heavy (non-hydrogen) atoms. The van der Waals surface area contributed by atoms with Crippen LogP contribution in [-0.2, 0) is 19.1 Å². The molecular weight excluding hydrogens is 432 g/mol. The first-order valence-electron chi connectivity index (χ1n) is 11.6. The number of allylic oxidation sites excluding steroid dienone is 4. The number of aliphatic hydroxyl groups is 2. The highest BCUT2D eigenvalue weighted by Gasteiger charge is 2.73. The van der Waals surface area contributed by atoms with Crippen molar-refractivity contribution in [3.05, 3.63) is 23.8 Å². The molecule has 4 rings (SSSR count). The highest BCUT2D eigenvalue weighted by atomic mass is 35.5. The van der Waals surface area contributed by atoms with E-state index in [4.69, 9.17) is 16.3 Å². The molecule has 0 bridgehead atoms. The molecule has 9 atom stereocenters. The van der Waals surface area contributed by atoms with Crippen LogP contribution in [0.25, 0.3) is 0 Å². The first-order chi connectivity index (χ1) is 15.0. The first-order valence-corrected chi connectivity index (χ1v) is 12.0. The van der Waals surface area contributed by atoms with Gasteiger partial charge in [0.05, 0.1) is 6.10 Å². The number of carbonyl (C=O) groups excluding carboxylic acids is 3. The average molecular weight is 465 g/mol. The van der Waals surface area contributed by atoms with Crippen LogP contribution in [0, 0.1) is 34.5 Å². The zero-order valence-electron chi connectivity index (χ0n) is 19.1. The third-order valence-electron chi connectivity index (χ3n) is 9.14. The van der Waals surface area contributed by atoms with Crippen LogP contribution in [0.3, 0.4) is 0 Å². The summed E-state index contributed by atoms with van der Waals surface area (Å²) < 4.78 is 5.92. The predicted octanol–water partition coefficient (Wildman–Crippen LogP) is 2.98. The predicted molar refractivity (Wildman–Crippen MR) is 119 cm³/mol. The number of halogens is 1. The van der Waals surface area contributed by atoms with Gasteiger partial charge < -0.3 is 14.9 Å². The molecule has 0 spiro atoms. The number of ether oxygens (including phenoxy) is 1. The van der Waals surface area contributed by atoms with Crippen LogP contribution in [0.15, 0.2) is 23.8 Å². The molecule has 2 N–H and O–H groups in total. The Labute approximate surface area is 194 Å². The van der Waals surface area contributed by atoms with E-state index in [2.05, 4.69) is 6.92 Å². The molecule has 6 nitrogen and oxygen atoms in total. The minimum absolute atomic E-state index is 0.0662. The van der Waals surface area contributed by atoms with Gasteiger partial charge in [-0.25, -0.2) is 0 Å². The summed E-state index contributed by atoms with van der Waals surface area (Å²) in [5.41, 5.74) is -1.93. The van der Waals surface area contributed by atoms with Crippen LogP contribution in [0.2, 0.25) is 0 Å². The van der Waals surface area contributed by atoms with Crippen LogP contribution in [0.5, 0.6) is 0 Å². The SMILES string of the molecule is CCC(=O)O[C@]1(C(=O)CO)[C@H](C)C[C@H]2[C@H]3[C@H]([C@@H](O)C[C@@]21C)[C@@]1(C)C=CC(=O)C=C1C[C@H]3Cl. The molecule has 0 aliphatic heterocycles. The zero-order chi connectivity index (χ0) is 23.6. The van der Waals surface area contributed by atoms with Crippen molar-refractivity contribution < 1.29 is 29.3 Å². The van der Waals surface area contributed by atoms with E-state index in [9.17, 15) is 24.6 Å². The molecule has 7 heteroatoms. The van der Waals surface area contributed by atoms with Crippen molar-refractivity contribution in [2.45, 2.75) is 70.5 Å². The van der Waals surface area contributed by atoms with E-state index in [0.29, 0.717) is 12.8 Å². The fraction of sp³-hybridized carbons (Fsp3) is 0.720. The molecule has 176 valence electrons. The Morgan fingerprint density at radius 3 is 2.62 bits per heavy atom. The van der Waals surface area contributed by atoms with E-state index in [1.54, 1.807) is 19.1 Å². The Bertz CT molecular complexity index is 910. The van der Waals surface area contributed by atoms with Gasteiger partial charge in [0, 0.05) is 34.5 Å². The number of esters is 1. The lowest BCUT2D eigenvalue weighted by Crippen LogP contribution is -2.65. The molecule has 0 radical (unpaired) electrons. The molecule has 4 aliphatic rings. The van der Waals surface area contributed by atoms with Gasteiger partial charge >= 0.3 is 5.97 Å². The molecule has 0 unspecified atom stereocenters. The number of alkyl halides is 1. The highest BCUT2D eigenvalue weighted by molar-refractivity contribution is 6.21. The topological polar surface area (TPSA) is 101 Å². The standard InChI is InChI=1S/C25H33ClO6/c1-5-20(31)32-25(19(30)12-27)13(2)8-16-21-17(26)10-14-9-15(28)6-7-23(14,3)22(21)18(29)11-24(16,25)4/h6-7,9,13,16-18,21-22,27,29H,5,8,10-12H2,1-4H3/t13-,16+,17-,18+,21-,22+,23+,24+,25+/m1/s1. The Morgan fingerprint density at radius 2 is 2.00 bits per heavy atom. The second-order valence-electron chi connectivity index (χ2n) is 10.6. The molecule has 3 saturated carbocycles. The minimum Gasteiger partial charge on any atom is -0.450 e. The fourth-order valence-corrected chi connectivity index (χ4v) is 8.30. The van der Waals surface area contributed by atoms with Gasteiger partial charge in [0.1, 0.15) is 6.61 Å². The lowest BCUT2D eigenvalue weighted by Gasteiger charge is -2.61. The van der Waals surface area contributed by atoms with Crippen molar-refractivity contribution >= 4 is 29.1 Å². The van der Waals surface area contributed by atoms with Crippen LogP contribution in [0.1, 0.15) is 53.4 Å². The van der Waals surface area contributed by atoms with E-state index in [-0.39, 0.29) is 47.7 Å². The molecule has 0 aromatic carbocycles. The van der Waals surface area contributed by atoms with Gasteiger partial charge in [-0.05, 0) is 43.3 Å². The molecule has 0 heterocycles. The minimum atomic E-state index is -1.50. The summed E-state index contributed by atoms with van der Waals surface area (Å²) in [4.78, 5) is 37.7. The van der Waals surface area contributed by atoms with Crippen molar-refractivity contribution in [2.75, 3.05) is 6.61 Å². The van der Waals surface area contributed by atoms with E-state index in [1.165, 1.54) is 0 Å². The maximum atomic E-state index is 13.2. The lowest BCUT2D eigenvalue weighted by atomic mass is 9.46. The summed E-state index contributed by atoms with van der Waals surface area (Å²) >= 11 is 6.97. The maximum Gasteiger partial charge on any atom is 0.306 e. The summed E-state index contributed by atoms with van der Waals surface area (Å²) in [5, 5.41) is 21.1. The Morgan fingerprint density at radius 1 is 1.31 bits per heavy atom.